The molecule has 5 unspecified atom stereocenters. The zero-order chi connectivity index (χ0) is 46.6. The number of ether oxygens (including phenoxy) is 2. The first-order chi connectivity index (χ1) is 30.7. The van der Waals surface area contributed by atoms with E-state index in [0.29, 0.717) is 32.3 Å². The molecule has 1 N–H and O–H groups in total. The summed E-state index contributed by atoms with van der Waals surface area (Å²) in [6, 6.07) is 0. The van der Waals surface area contributed by atoms with Gasteiger partial charge >= 0.3 is 11.9 Å². The van der Waals surface area contributed by atoms with Gasteiger partial charge in [0, 0.05) is 43.6 Å². The van der Waals surface area contributed by atoms with E-state index in [1.807, 2.05) is 44.9 Å². The third kappa shape index (κ3) is 34.3. The second-order valence-electron chi connectivity index (χ2n) is 17.2. The first-order valence-corrected chi connectivity index (χ1v) is 25.3. The minimum absolute atomic E-state index is 0.0475. The molecule has 0 saturated carbocycles. The highest BCUT2D eigenvalue weighted by molar-refractivity contribution is 5.85. The van der Waals surface area contributed by atoms with Gasteiger partial charge in [-0.1, -0.05) is 154 Å². The maximum absolute atomic E-state index is 12.6. The van der Waals surface area contributed by atoms with Crippen molar-refractivity contribution in [2.75, 3.05) is 6.61 Å². The quantitative estimate of drug-likeness (QED) is 0.0122. The molecule has 358 valence electrons. The van der Waals surface area contributed by atoms with Crippen LogP contribution in [-0.2, 0) is 33.4 Å². The van der Waals surface area contributed by atoms with Gasteiger partial charge in [-0.3, -0.25) is 14.4 Å². The van der Waals surface area contributed by atoms with Crippen LogP contribution in [0, 0.1) is 23.7 Å². The van der Waals surface area contributed by atoms with Crippen LogP contribution >= 0.6 is 0 Å². The topological polar surface area (TPSA) is 124 Å². The standard InChI is InChI=1S/C55H90O8/c1-6-11-12-13-24-30-37-48(49(41-43-56)42-44-57)38-31-26-22-23-28-33-40-55(61)63-50(10-5)46-62-51(34-7-2)39-32-27-21-19-17-15-14-16-18-20-25-29-36-47(9-4)52(45-54(59)60)53(58)35-8-3/h14,16,20,25,29,31,34,36,38,41,44,47-50,52H,6-13,15,17-19,21-24,26-28,30,32-33,35,37,39-40,42,45-46H2,1-5H3,(H,59,60)/b16-14-,25-20-,36-29+,38-31+,51-34-. The van der Waals surface area contributed by atoms with Crippen LogP contribution in [0.5, 0.6) is 0 Å². The number of hydrogen-bond donors (Lipinski definition) is 1. The number of allylic oxidation sites excluding steroid dienone is 11. The lowest BCUT2D eigenvalue weighted by atomic mass is 9.82. The Morgan fingerprint density at radius 2 is 1.32 bits per heavy atom. The van der Waals surface area contributed by atoms with Gasteiger partial charge in [-0.15, -0.1) is 0 Å². The van der Waals surface area contributed by atoms with E-state index in [4.69, 9.17) is 9.47 Å². The minimum atomic E-state index is -0.919. The van der Waals surface area contributed by atoms with E-state index in [2.05, 4.69) is 50.3 Å². The van der Waals surface area contributed by atoms with E-state index in [1.165, 1.54) is 51.0 Å². The number of hydrogen-bond acceptors (Lipinski definition) is 7. The predicted octanol–water partition coefficient (Wildman–Crippen LogP) is 14.8. The van der Waals surface area contributed by atoms with Crippen LogP contribution < -0.4 is 0 Å². The van der Waals surface area contributed by atoms with Crippen molar-refractivity contribution < 1.29 is 38.6 Å². The van der Waals surface area contributed by atoms with Crippen LogP contribution in [0.3, 0.4) is 0 Å². The molecule has 0 aliphatic rings. The summed E-state index contributed by atoms with van der Waals surface area (Å²) in [6.45, 7) is 10.7. The largest absolute Gasteiger partial charge is 0.494 e. The fourth-order valence-electron chi connectivity index (χ4n) is 7.90. The molecule has 0 rings (SSSR count). The van der Waals surface area contributed by atoms with E-state index in [-0.39, 0.29) is 42.0 Å². The van der Waals surface area contributed by atoms with Crippen LogP contribution in [0.4, 0.5) is 0 Å². The summed E-state index contributed by atoms with van der Waals surface area (Å²) >= 11 is 0. The Bertz CT molecular complexity index is 1370. The van der Waals surface area contributed by atoms with Crippen molar-refractivity contribution >= 4 is 29.9 Å². The summed E-state index contributed by atoms with van der Waals surface area (Å²) in [6.07, 6.45) is 47.1. The summed E-state index contributed by atoms with van der Waals surface area (Å²) < 4.78 is 12.0. The van der Waals surface area contributed by atoms with Gasteiger partial charge in [0.15, 0.2) is 0 Å². The van der Waals surface area contributed by atoms with Gasteiger partial charge in [0.2, 0.25) is 0 Å². The van der Waals surface area contributed by atoms with Crippen LogP contribution in [0.25, 0.3) is 0 Å². The maximum Gasteiger partial charge on any atom is 0.306 e. The van der Waals surface area contributed by atoms with Crippen molar-refractivity contribution in [2.45, 2.75) is 221 Å². The highest BCUT2D eigenvalue weighted by Crippen LogP contribution is 2.26. The van der Waals surface area contributed by atoms with Crippen LogP contribution in [-0.4, -0.2) is 47.8 Å². The number of ketones is 1. The molecular formula is C55H90O8. The summed E-state index contributed by atoms with van der Waals surface area (Å²) in [4.78, 5) is 58.8. The highest BCUT2D eigenvalue weighted by Gasteiger charge is 2.27. The molecule has 0 heterocycles. The molecule has 0 saturated heterocycles. The molecular weight excluding hydrogens is 789 g/mol. The molecule has 0 aromatic carbocycles. The molecule has 8 heteroatoms. The number of Topliss-reactive ketones (excluding diaryl/α,β-unsaturated/α-hetero) is 1. The SMILES string of the molecule is CC/C=C(/CCCCCCC/C=C\C/C=C\C=C\C(CC)C(CC(=O)O)C(=O)CCC)OCC(CC)OC(=O)CCCCCC/C=C/C(CCCCCCCC)C(C=C=O)CC=O. The average molecular weight is 879 g/mol. The number of esters is 1. The van der Waals surface area contributed by atoms with E-state index in [9.17, 15) is 29.1 Å². The van der Waals surface area contributed by atoms with E-state index < -0.39 is 11.9 Å². The number of aldehydes is 1. The summed E-state index contributed by atoms with van der Waals surface area (Å²) in [5.74, 6) is 1.48. The fourth-order valence-corrected chi connectivity index (χ4v) is 7.90. The number of carbonyl (C=O) groups is 4. The van der Waals surface area contributed by atoms with Gasteiger partial charge in [0.25, 0.3) is 0 Å². The maximum atomic E-state index is 12.6. The molecule has 0 aromatic heterocycles. The van der Waals surface area contributed by atoms with Gasteiger partial charge in [-0.2, -0.15) is 0 Å². The molecule has 8 nitrogen and oxygen atoms in total. The zero-order valence-electron chi connectivity index (χ0n) is 40.5. The Balaban J connectivity index is 4.37. The summed E-state index contributed by atoms with van der Waals surface area (Å²) in [7, 11) is 0. The van der Waals surface area contributed by atoms with E-state index in [1.54, 1.807) is 0 Å². The van der Waals surface area contributed by atoms with Crippen LogP contribution in [0.1, 0.15) is 214 Å². The predicted molar refractivity (Wildman–Crippen MR) is 261 cm³/mol. The van der Waals surface area contributed by atoms with E-state index >= 15 is 0 Å². The first-order valence-electron chi connectivity index (χ1n) is 25.3. The summed E-state index contributed by atoms with van der Waals surface area (Å²) in [5.41, 5.74) is 0. The third-order valence-corrected chi connectivity index (χ3v) is 11.7. The van der Waals surface area contributed by atoms with Gasteiger partial charge in [0.1, 0.15) is 30.7 Å². The molecule has 0 aliphatic heterocycles. The average Bonchev–Trinajstić information content (AvgIpc) is 3.26. The molecule has 0 bridgehead atoms. The lowest BCUT2D eigenvalue weighted by Gasteiger charge is -2.20. The number of aliphatic carboxylic acids is 1. The lowest BCUT2D eigenvalue weighted by molar-refractivity contribution is -0.151. The third-order valence-electron chi connectivity index (χ3n) is 11.7. The second-order valence-corrected chi connectivity index (χ2v) is 17.2. The second kappa shape index (κ2) is 43.5. The Morgan fingerprint density at radius 1 is 0.651 bits per heavy atom. The molecule has 0 spiro atoms. The van der Waals surface area contributed by atoms with Crippen molar-refractivity contribution in [3.63, 3.8) is 0 Å². The van der Waals surface area contributed by atoms with Gasteiger partial charge in [-0.25, -0.2) is 4.79 Å². The number of unbranched alkanes of at least 4 members (excludes halogenated alkanes) is 14. The van der Waals surface area contributed by atoms with Gasteiger partial charge in [0.05, 0.1) is 12.2 Å². The molecule has 0 fully saturated rings. The van der Waals surface area contributed by atoms with Crippen LogP contribution in [0.15, 0.2) is 66.5 Å². The Kier molecular flexibility index (Phi) is 40.9. The van der Waals surface area contributed by atoms with Crippen molar-refractivity contribution in [3.8, 4) is 0 Å². The number of carboxylic acids is 1. The van der Waals surface area contributed by atoms with Crippen molar-refractivity contribution in [2.24, 2.45) is 23.7 Å². The van der Waals surface area contributed by atoms with Crippen molar-refractivity contribution in [1.29, 1.82) is 0 Å². The number of carboxylic acid groups (broad SMARTS) is 1. The highest BCUT2D eigenvalue weighted by atomic mass is 16.6. The van der Waals surface area contributed by atoms with E-state index in [0.717, 1.165) is 115 Å². The van der Waals surface area contributed by atoms with Crippen molar-refractivity contribution in [3.05, 3.63) is 66.5 Å². The first kappa shape index (κ1) is 59.2. The van der Waals surface area contributed by atoms with Crippen molar-refractivity contribution in [1.82, 2.24) is 0 Å². The van der Waals surface area contributed by atoms with Gasteiger partial charge in [-0.05, 0) is 95.0 Å². The van der Waals surface area contributed by atoms with Gasteiger partial charge < -0.3 is 19.4 Å². The van der Waals surface area contributed by atoms with Crippen LogP contribution in [0.2, 0.25) is 0 Å². The smallest absolute Gasteiger partial charge is 0.306 e. The number of rotatable bonds is 44. The Morgan fingerprint density at radius 3 is 1.95 bits per heavy atom. The normalized spacial score (nSPS) is 14.5. The minimum Gasteiger partial charge on any atom is -0.494 e. The Hall–Kier alpha value is -3.77. The molecule has 5 atom stereocenters. The molecule has 0 aliphatic carbocycles. The monoisotopic (exact) mass is 879 g/mol. The molecule has 63 heavy (non-hydrogen) atoms. The molecule has 0 radical (unpaired) electrons. The lowest BCUT2D eigenvalue weighted by Crippen LogP contribution is -2.25. The fraction of sp³-hybridized carbons (Fsp3) is 0.709. The number of carbonyl (C=O) groups excluding carboxylic acids is 4. The molecule has 0 amide bonds. The summed E-state index contributed by atoms with van der Waals surface area (Å²) in [5, 5.41) is 9.29. The zero-order valence-corrected chi connectivity index (χ0v) is 40.5. The molecule has 0 aromatic rings. The Labute approximate surface area is 384 Å².